The van der Waals surface area contributed by atoms with Crippen molar-refractivity contribution in [1.82, 2.24) is 4.90 Å². The van der Waals surface area contributed by atoms with Gasteiger partial charge in [-0.15, -0.1) is 0 Å². The number of aryl methyl sites for hydroxylation is 2. The van der Waals surface area contributed by atoms with Gasteiger partial charge >= 0.3 is 0 Å². The van der Waals surface area contributed by atoms with Crippen LogP contribution in [0.25, 0.3) is 0 Å². The molecule has 1 aliphatic rings. The molecule has 2 N–H and O–H groups in total. The Morgan fingerprint density at radius 3 is 2.59 bits per heavy atom. The lowest BCUT2D eigenvalue weighted by Gasteiger charge is -2.31. The Morgan fingerprint density at radius 1 is 1.32 bits per heavy atom. The molecule has 1 aromatic carbocycles. The van der Waals surface area contributed by atoms with Gasteiger partial charge in [-0.25, -0.2) is 0 Å². The van der Waals surface area contributed by atoms with Crippen LogP contribution in [0.3, 0.4) is 0 Å². The number of benzene rings is 1. The van der Waals surface area contributed by atoms with Gasteiger partial charge in [-0.05, 0) is 49.3 Å². The highest BCUT2D eigenvalue weighted by molar-refractivity contribution is 5.93. The topological polar surface area (TPSA) is 52.6 Å². The number of anilines is 1. The average Bonchev–Trinajstić information content (AvgIpc) is 2.55. The number of nitrogens with zero attached hydrogens (tertiary/aromatic N) is 1. The van der Waals surface area contributed by atoms with Crippen molar-refractivity contribution in [2.45, 2.75) is 39.5 Å². The van der Waals surface area contributed by atoms with E-state index in [1.54, 1.807) is 0 Å². The second-order valence-electron chi connectivity index (χ2n) is 6.13. The number of likely N-dealkylation sites (tertiary alicyclic amines) is 1. The molecule has 1 saturated heterocycles. The first-order valence-corrected chi connectivity index (χ1v) is 8.41. The van der Waals surface area contributed by atoms with E-state index in [1.807, 2.05) is 0 Å². The van der Waals surface area contributed by atoms with Gasteiger partial charge in [0.2, 0.25) is 5.91 Å². The Morgan fingerprint density at radius 2 is 2.00 bits per heavy atom. The van der Waals surface area contributed by atoms with E-state index in [-0.39, 0.29) is 12.5 Å². The van der Waals surface area contributed by atoms with E-state index in [0.717, 1.165) is 44.5 Å². The number of para-hydroxylation sites is 1. The highest BCUT2D eigenvalue weighted by Gasteiger charge is 2.21. The van der Waals surface area contributed by atoms with Crippen LogP contribution in [0.5, 0.6) is 0 Å². The first kappa shape index (κ1) is 17.0. The number of aliphatic hydroxyl groups excluding tert-OH is 1. The van der Waals surface area contributed by atoms with Crippen LogP contribution in [0.4, 0.5) is 5.69 Å². The lowest BCUT2D eigenvalue weighted by atomic mass is 9.99. The SMILES string of the molecule is CCc1cccc(CC)c1NC(=O)CN1CCCC(CO)C1. The molecule has 1 heterocycles. The summed E-state index contributed by atoms with van der Waals surface area (Å²) in [7, 11) is 0. The highest BCUT2D eigenvalue weighted by atomic mass is 16.3. The van der Waals surface area contributed by atoms with Crippen molar-refractivity contribution in [3.63, 3.8) is 0 Å². The summed E-state index contributed by atoms with van der Waals surface area (Å²) in [6.45, 7) is 6.62. The van der Waals surface area contributed by atoms with Gasteiger partial charge in [-0.2, -0.15) is 0 Å². The molecule has 1 atom stereocenters. The second kappa shape index (κ2) is 8.30. The lowest BCUT2D eigenvalue weighted by molar-refractivity contribution is -0.117. The quantitative estimate of drug-likeness (QED) is 0.849. The third-order valence-electron chi connectivity index (χ3n) is 4.49. The molecule has 2 rings (SSSR count). The molecule has 0 aromatic heterocycles. The molecular formula is C18H28N2O2. The van der Waals surface area contributed by atoms with Crippen molar-refractivity contribution in [3.05, 3.63) is 29.3 Å². The van der Waals surface area contributed by atoms with Gasteiger partial charge in [0, 0.05) is 18.8 Å². The zero-order valence-corrected chi connectivity index (χ0v) is 13.8. The van der Waals surface area contributed by atoms with Gasteiger partial charge < -0.3 is 10.4 Å². The Balaban J connectivity index is 2.00. The Kier molecular flexibility index (Phi) is 6.40. The Hall–Kier alpha value is -1.39. The van der Waals surface area contributed by atoms with E-state index in [9.17, 15) is 9.90 Å². The number of hydrogen-bond donors (Lipinski definition) is 2. The maximum atomic E-state index is 12.4. The van der Waals surface area contributed by atoms with Crippen LogP contribution in [-0.4, -0.2) is 42.2 Å². The molecule has 0 spiro atoms. The van der Waals surface area contributed by atoms with Crippen LogP contribution < -0.4 is 5.32 Å². The minimum Gasteiger partial charge on any atom is -0.396 e. The van der Waals surface area contributed by atoms with Gasteiger partial charge in [-0.3, -0.25) is 9.69 Å². The smallest absolute Gasteiger partial charge is 0.238 e. The van der Waals surface area contributed by atoms with Crippen molar-refractivity contribution >= 4 is 11.6 Å². The molecule has 0 aliphatic carbocycles. The second-order valence-corrected chi connectivity index (χ2v) is 6.13. The Bertz CT molecular complexity index is 480. The van der Waals surface area contributed by atoms with Crippen LogP contribution in [0.1, 0.15) is 37.8 Å². The maximum absolute atomic E-state index is 12.4. The molecular weight excluding hydrogens is 276 g/mol. The van der Waals surface area contributed by atoms with E-state index >= 15 is 0 Å². The molecule has 4 heteroatoms. The van der Waals surface area contributed by atoms with Crippen molar-refractivity contribution in [1.29, 1.82) is 0 Å². The van der Waals surface area contributed by atoms with Crippen LogP contribution in [0.2, 0.25) is 0 Å². The molecule has 122 valence electrons. The van der Waals surface area contributed by atoms with Crippen LogP contribution in [0, 0.1) is 5.92 Å². The fourth-order valence-corrected chi connectivity index (χ4v) is 3.23. The van der Waals surface area contributed by atoms with E-state index < -0.39 is 0 Å². The number of carbonyl (C=O) groups excluding carboxylic acids is 1. The third-order valence-corrected chi connectivity index (χ3v) is 4.49. The summed E-state index contributed by atoms with van der Waals surface area (Å²) in [6.07, 6.45) is 3.96. The molecule has 1 unspecified atom stereocenters. The van der Waals surface area contributed by atoms with Gasteiger partial charge in [0.15, 0.2) is 0 Å². The fourth-order valence-electron chi connectivity index (χ4n) is 3.23. The third kappa shape index (κ3) is 4.31. The molecule has 1 aliphatic heterocycles. The van der Waals surface area contributed by atoms with Gasteiger partial charge in [-0.1, -0.05) is 32.0 Å². The highest BCUT2D eigenvalue weighted by Crippen LogP contribution is 2.23. The van der Waals surface area contributed by atoms with Crippen molar-refractivity contribution in [2.75, 3.05) is 31.6 Å². The van der Waals surface area contributed by atoms with Crippen LogP contribution in [-0.2, 0) is 17.6 Å². The first-order chi connectivity index (χ1) is 10.7. The average molecular weight is 304 g/mol. The largest absolute Gasteiger partial charge is 0.396 e. The molecule has 1 amide bonds. The van der Waals surface area contributed by atoms with E-state index in [4.69, 9.17) is 0 Å². The van der Waals surface area contributed by atoms with Crippen molar-refractivity contribution in [2.24, 2.45) is 5.92 Å². The van der Waals surface area contributed by atoms with Gasteiger partial charge in [0.05, 0.1) is 6.54 Å². The van der Waals surface area contributed by atoms with Crippen LogP contribution >= 0.6 is 0 Å². The number of rotatable bonds is 6. The molecule has 0 saturated carbocycles. The summed E-state index contributed by atoms with van der Waals surface area (Å²) >= 11 is 0. The predicted molar refractivity (Wildman–Crippen MR) is 90.1 cm³/mol. The minimum atomic E-state index is 0.0502. The van der Waals surface area contributed by atoms with E-state index in [0.29, 0.717) is 12.5 Å². The molecule has 0 bridgehead atoms. The first-order valence-electron chi connectivity index (χ1n) is 8.41. The molecule has 1 fully saturated rings. The summed E-state index contributed by atoms with van der Waals surface area (Å²) in [5.41, 5.74) is 3.38. The number of carbonyl (C=O) groups is 1. The molecule has 0 radical (unpaired) electrons. The fraction of sp³-hybridized carbons (Fsp3) is 0.611. The zero-order valence-electron chi connectivity index (χ0n) is 13.8. The summed E-state index contributed by atoms with van der Waals surface area (Å²) in [4.78, 5) is 14.5. The standard InChI is InChI=1S/C18H28N2O2/c1-3-15-8-5-9-16(4-2)18(15)19-17(22)12-20-10-6-7-14(11-20)13-21/h5,8-9,14,21H,3-4,6-7,10-13H2,1-2H3,(H,19,22). The molecule has 1 aromatic rings. The number of hydrogen-bond acceptors (Lipinski definition) is 3. The monoisotopic (exact) mass is 304 g/mol. The van der Waals surface area contributed by atoms with E-state index in [2.05, 4.69) is 42.3 Å². The van der Waals surface area contributed by atoms with Crippen molar-refractivity contribution in [3.8, 4) is 0 Å². The zero-order chi connectivity index (χ0) is 15.9. The molecule has 4 nitrogen and oxygen atoms in total. The normalized spacial score (nSPS) is 19.1. The van der Waals surface area contributed by atoms with Gasteiger partial charge in [0.25, 0.3) is 0 Å². The minimum absolute atomic E-state index is 0.0502. The summed E-state index contributed by atoms with van der Waals surface area (Å²) in [5, 5.41) is 12.4. The summed E-state index contributed by atoms with van der Waals surface area (Å²) < 4.78 is 0. The Labute approximate surface area is 133 Å². The number of aliphatic hydroxyl groups is 1. The molecule has 22 heavy (non-hydrogen) atoms. The number of amides is 1. The maximum Gasteiger partial charge on any atom is 0.238 e. The lowest BCUT2D eigenvalue weighted by Crippen LogP contribution is -2.41. The van der Waals surface area contributed by atoms with Crippen molar-refractivity contribution < 1.29 is 9.90 Å². The van der Waals surface area contributed by atoms with E-state index in [1.165, 1.54) is 11.1 Å². The number of piperidine rings is 1. The summed E-state index contributed by atoms with van der Waals surface area (Å²) in [6, 6.07) is 6.22. The van der Waals surface area contributed by atoms with Gasteiger partial charge in [0.1, 0.15) is 0 Å². The summed E-state index contributed by atoms with van der Waals surface area (Å²) in [5.74, 6) is 0.366. The number of nitrogens with one attached hydrogen (secondary N) is 1. The predicted octanol–water partition coefficient (Wildman–Crippen LogP) is 2.45. The van der Waals surface area contributed by atoms with Crippen LogP contribution in [0.15, 0.2) is 18.2 Å².